The highest BCUT2D eigenvalue weighted by Crippen LogP contribution is 2.33. The first-order valence-electron chi connectivity index (χ1n) is 8.02. The molecule has 1 aliphatic heterocycles. The molecule has 3 rings (SSSR count). The molecule has 0 amide bonds. The first kappa shape index (κ1) is 19.2. The molecular formula is C18H16ClF3N4O. The number of benzene rings is 1. The number of nitrogens with zero attached hydrogens (tertiary/aromatic N) is 1. The molecule has 1 saturated heterocycles. The summed E-state index contributed by atoms with van der Waals surface area (Å²) in [5, 5.41) is 14.6. The van der Waals surface area contributed by atoms with E-state index in [0.29, 0.717) is 35.9 Å². The van der Waals surface area contributed by atoms with Crippen molar-refractivity contribution in [2.24, 2.45) is 5.92 Å². The minimum Gasteiger partial charge on any atom is -0.406 e. The lowest BCUT2D eigenvalue weighted by Gasteiger charge is -2.29. The number of nitrogens with one attached hydrogen (secondary N) is 3. The highest BCUT2D eigenvalue weighted by Gasteiger charge is 2.31. The van der Waals surface area contributed by atoms with Crippen LogP contribution >= 0.6 is 11.6 Å². The van der Waals surface area contributed by atoms with Crippen molar-refractivity contribution in [2.45, 2.75) is 6.36 Å². The van der Waals surface area contributed by atoms with E-state index < -0.39 is 12.1 Å². The Hall–Kier alpha value is -2.58. The number of aromatic nitrogens is 1. The lowest BCUT2D eigenvalue weighted by Crippen LogP contribution is -2.46. The van der Waals surface area contributed by atoms with Crippen LogP contribution in [0, 0.1) is 11.3 Å². The van der Waals surface area contributed by atoms with Crippen molar-refractivity contribution in [3.05, 3.63) is 53.2 Å². The van der Waals surface area contributed by atoms with Gasteiger partial charge in [0, 0.05) is 42.5 Å². The minimum atomic E-state index is -4.79. The van der Waals surface area contributed by atoms with Gasteiger partial charge in [-0.1, -0.05) is 24.3 Å². The van der Waals surface area contributed by atoms with Crippen LogP contribution in [-0.4, -0.2) is 30.1 Å². The Bertz CT molecular complexity index is 881. The number of rotatable bonds is 6. The van der Waals surface area contributed by atoms with Crippen LogP contribution in [0.2, 0.25) is 5.02 Å². The number of ether oxygens (including phenoxy) is 1. The second-order valence-corrected chi connectivity index (χ2v) is 6.32. The summed E-state index contributed by atoms with van der Waals surface area (Å²) in [4.78, 5) is 4.28. The van der Waals surface area contributed by atoms with E-state index in [1.54, 1.807) is 18.3 Å². The largest absolute Gasteiger partial charge is 0.573 e. The molecule has 0 saturated carbocycles. The van der Waals surface area contributed by atoms with Crippen molar-refractivity contribution in [2.75, 3.05) is 18.4 Å². The van der Waals surface area contributed by atoms with Crippen molar-refractivity contribution in [3.63, 3.8) is 0 Å². The number of pyridine rings is 1. The Morgan fingerprint density at radius 3 is 2.67 bits per heavy atom. The number of halogens is 4. The van der Waals surface area contributed by atoms with Gasteiger partial charge in [0.2, 0.25) is 0 Å². The van der Waals surface area contributed by atoms with Gasteiger partial charge in [0.1, 0.15) is 11.6 Å². The predicted molar refractivity (Wildman–Crippen MR) is 98.9 cm³/mol. The van der Waals surface area contributed by atoms with Crippen LogP contribution in [0.3, 0.4) is 0 Å². The Morgan fingerprint density at radius 2 is 2.11 bits per heavy atom. The molecule has 1 aliphatic rings. The highest BCUT2D eigenvalue weighted by atomic mass is 35.5. The topological polar surface area (TPSA) is 70.0 Å². The Balaban J connectivity index is 1.91. The summed E-state index contributed by atoms with van der Waals surface area (Å²) >= 11 is 6.09. The molecule has 0 spiro atoms. The fourth-order valence-corrected chi connectivity index (χ4v) is 2.86. The van der Waals surface area contributed by atoms with E-state index in [4.69, 9.17) is 17.0 Å². The van der Waals surface area contributed by atoms with Gasteiger partial charge in [-0.2, -0.15) is 0 Å². The molecule has 1 aromatic heterocycles. The predicted octanol–water partition coefficient (Wildman–Crippen LogP) is 4.61. The van der Waals surface area contributed by atoms with Crippen LogP contribution in [0.4, 0.5) is 24.7 Å². The summed E-state index contributed by atoms with van der Waals surface area (Å²) in [6.45, 7) is 5.18. The molecule has 2 heterocycles. The van der Waals surface area contributed by atoms with Gasteiger partial charge in [0.05, 0.1) is 10.7 Å². The highest BCUT2D eigenvalue weighted by molar-refractivity contribution is 6.33. The van der Waals surface area contributed by atoms with Gasteiger partial charge in [-0.25, -0.2) is 4.98 Å². The molecule has 1 fully saturated rings. The van der Waals surface area contributed by atoms with Crippen molar-refractivity contribution >= 4 is 34.9 Å². The van der Waals surface area contributed by atoms with Crippen LogP contribution in [0.25, 0.3) is 6.08 Å². The summed E-state index contributed by atoms with van der Waals surface area (Å²) in [6.07, 6.45) is -1.61. The van der Waals surface area contributed by atoms with Crippen LogP contribution in [0.15, 0.2) is 37.0 Å². The third-order valence-electron chi connectivity index (χ3n) is 4.09. The van der Waals surface area contributed by atoms with Gasteiger partial charge in [-0.15, -0.1) is 13.2 Å². The summed E-state index contributed by atoms with van der Waals surface area (Å²) in [5.41, 5.74) is 2.08. The van der Waals surface area contributed by atoms with Crippen molar-refractivity contribution in [1.29, 1.82) is 5.41 Å². The molecule has 5 nitrogen and oxygen atoms in total. The SMILES string of the molecule is C=Cc1ccnc(Nc2ccc(OC(F)(F)F)cc2Cl)c1C(=N)C1CNC1. The second kappa shape index (κ2) is 7.58. The average Bonchev–Trinajstić information content (AvgIpc) is 2.54. The Kier molecular flexibility index (Phi) is 5.38. The summed E-state index contributed by atoms with van der Waals surface area (Å²) < 4.78 is 40.9. The zero-order valence-electron chi connectivity index (χ0n) is 14.0. The van der Waals surface area contributed by atoms with Crippen molar-refractivity contribution in [1.82, 2.24) is 10.3 Å². The van der Waals surface area contributed by atoms with Crippen LogP contribution in [-0.2, 0) is 0 Å². The van der Waals surface area contributed by atoms with Crippen LogP contribution < -0.4 is 15.4 Å². The fraction of sp³-hybridized carbons (Fsp3) is 0.222. The van der Waals surface area contributed by atoms with E-state index in [1.807, 2.05) is 0 Å². The van der Waals surface area contributed by atoms with Crippen molar-refractivity contribution < 1.29 is 17.9 Å². The van der Waals surface area contributed by atoms with E-state index in [-0.39, 0.29) is 10.9 Å². The van der Waals surface area contributed by atoms with E-state index in [0.717, 1.165) is 17.7 Å². The zero-order valence-corrected chi connectivity index (χ0v) is 14.8. The van der Waals surface area contributed by atoms with E-state index >= 15 is 0 Å². The molecule has 0 radical (unpaired) electrons. The molecule has 0 aliphatic carbocycles. The summed E-state index contributed by atoms with van der Waals surface area (Å²) in [7, 11) is 0. The molecule has 27 heavy (non-hydrogen) atoms. The Labute approximate surface area is 158 Å². The molecule has 0 atom stereocenters. The number of anilines is 2. The molecule has 142 valence electrons. The van der Waals surface area contributed by atoms with Gasteiger partial charge in [0.25, 0.3) is 0 Å². The second-order valence-electron chi connectivity index (χ2n) is 5.91. The monoisotopic (exact) mass is 396 g/mol. The molecule has 0 unspecified atom stereocenters. The van der Waals surface area contributed by atoms with Crippen LogP contribution in [0.1, 0.15) is 11.1 Å². The maximum atomic E-state index is 12.3. The summed E-state index contributed by atoms with van der Waals surface area (Å²) in [6, 6.07) is 5.33. The van der Waals surface area contributed by atoms with E-state index in [1.165, 1.54) is 6.07 Å². The lowest BCUT2D eigenvalue weighted by molar-refractivity contribution is -0.274. The third kappa shape index (κ3) is 4.40. The van der Waals surface area contributed by atoms with Gasteiger partial charge in [0.15, 0.2) is 0 Å². The van der Waals surface area contributed by atoms with Crippen molar-refractivity contribution in [3.8, 4) is 5.75 Å². The van der Waals surface area contributed by atoms with Crippen LogP contribution in [0.5, 0.6) is 5.75 Å². The lowest BCUT2D eigenvalue weighted by atomic mass is 9.89. The fourth-order valence-electron chi connectivity index (χ4n) is 2.64. The first-order chi connectivity index (χ1) is 12.8. The van der Waals surface area contributed by atoms with Gasteiger partial charge in [-0.3, -0.25) is 0 Å². The molecule has 0 bridgehead atoms. The van der Waals surface area contributed by atoms with Gasteiger partial charge < -0.3 is 20.8 Å². The molecule has 2 aromatic rings. The molecule has 3 N–H and O–H groups in total. The number of hydrogen-bond donors (Lipinski definition) is 3. The molecule has 1 aromatic carbocycles. The average molecular weight is 397 g/mol. The maximum Gasteiger partial charge on any atom is 0.573 e. The molecular weight excluding hydrogens is 381 g/mol. The zero-order chi connectivity index (χ0) is 19.6. The smallest absolute Gasteiger partial charge is 0.406 e. The van der Waals surface area contributed by atoms with Gasteiger partial charge >= 0.3 is 6.36 Å². The summed E-state index contributed by atoms with van der Waals surface area (Å²) in [5.74, 6) is 0.0292. The first-order valence-corrected chi connectivity index (χ1v) is 8.39. The number of hydrogen-bond acceptors (Lipinski definition) is 5. The third-order valence-corrected chi connectivity index (χ3v) is 4.40. The standard InChI is InChI=1S/C18H16ClF3N4O/c1-2-10-5-6-25-17(15(10)16(23)11-8-24-9-11)26-14-4-3-12(7-13(14)19)27-18(20,21)22/h2-7,11,23-24H,1,8-9H2,(H,25,26). The minimum absolute atomic E-state index is 0.0327. The van der Waals surface area contributed by atoms with Gasteiger partial charge in [-0.05, 0) is 23.8 Å². The number of alkyl halides is 3. The Morgan fingerprint density at radius 1 is 1.37 bits per heavy atom. The quantitative estimate of drug-likeness (QED) is 0.624. The normalized spacial score (nSPS) is 14.4. The van der Waals surface area contributed by atoms with E-state index in [9.17, 15) is 13.2 Å². The maximum absolute atomic E-state index is 12.3. The van der Waals surface area contributed by atoms with E-state index in [2.05, 4.69) is 26.9 Å². The molecule has 9 heteroatoms.